The van der Waals surface area contributed by atoms with Crippen molar-refractivity contribution in [3.63, 3.8) is 0 Å². The molecule has 0 unspecified atom stereocenters. The Balaban J connectivity index is 2.32. The maximum absolute atomic E-state index is 5.74. The van der Waals surface area contributed by atoms with E-state index >= 15 is 0 Å². The molecule has 0 amide bonds. The van der Waals surface area contributed by atoms with Gasteiger partial charge in [-0.1, -0.05) is 56.3 Å². The highest BCUT2D eigenvalue weighted by Crippen LogP contribution is 2.48. The Hall–Kier alpha value is -1.60. The van der Waals surface area contributed by atoms with E-state index in [9.17, 15) is 0 Å². The van der Waals surface area contributed by atoms with Crippen molar-refractivity contribution in [2.75, 3.05) is 0 Å². The molecule has 1 nitrogen and oxygen atoms in total. The number of benzene rings is 2. The van der Waals surface area contributed by atoms with Crippen molar-refractivity contribution < 1.29 is 0 Å². The van der Waals surface area contributed by atoms with Gasteiger partial charge in [0.25, 0.3) is 0 Å². The Bertz CT molecular complexity index is 582. The molecule has 86 valence electrons. The van der Waals surface area contributed by atoms with Gasteiger partial charge in [-0.2, -0.15) is 0 Å². The van der Waals surface area contributed by atoms with Gasteiger partial charge in [-0.05, 0) is 27.8 Å². The van der Waals surface area contributed by atoms with Crippen LogP contribution in [0.5, 0.6) is 0 Å². The Morgan fingerprint density at radius 3 is 2.41 bits per heavy atom. The van der Waals surface area contributed by atoms with Crippen LogP contribution in [0.3, 0.4) is 0 Å². The lowest BCUT2D eigenvalue weighted by Gasteiger charge is -2.21. The smallest absolute Gasteiger partial charge is 0.0178 e. The molecule has 0 saturated carbocycles. The molecule has 3 rings (SSSR count). The third kappa shape index (κ3) is 1.36. The molecule has 2 N–H and O–H groups in total. The minimum atomic E-state index is 0.0944. The van der Waals surface area contributed by atoms with Gasteiger partial charge in [0, 0.05) is 12.0 Å². The second-order valence-electron chi connectivity index (χ2n) is 5.25. The van der Waals surface area contributed by atoms with Crippen LogP contribution in [0.15, 0.2) is 42.5 Å². The highest BCUT2D eigenvalue weighted by Gasteiger charge is 2.34. The van der Waals surface area contributed by atoms with Crippen molar-refractivity contribution in [3.8, 4) is 11.1 Å². The summed E-state index contributed by atoms with van der Waals surface area (Å²) in [5.74, 6) is 0. The first-order valence-electron chi connectivity index (χ1n) is 6.08. The largest absolute Gasteiger partial charge is 0.326 e. The average Bonchev–Trinajstić information content (AvgIpc) is 2.59. The fraction of sp³-hybridized carbons (Fsp3) is 0.250. The molecular formula is C16H17N. The van der Waals surface area contributed by atoms with E-state index in [2.05, 4.69) is 56.3 Å². The summed E-state index contributed by atoms with van der Waals surface area (Å²) in [7, 11) is 0. The quantitative estimate of drug-likeness (QED) is 0.787. The maximum atomic E-state index is 5.74. The topological polar surface area (TPSA) is 26.0 Å². The molecular weight excluding hydrogens is 206 g/mol. The van der Waals surface area contributed by atoms with Crippen LogP contribution >= 0.6 is 0 Å². The molecule has 0 saturated heterocycles. The third-order valence-electron chi connectivity index (χ3n) is 3.88. The maximum Gasteiger partial charge on any atom is 0.0178 e. The zero-order chi connectivity index (χ0) is 12.0. The van der Waals surface area contributed by atoms with Crippen LogP contribution in [-0.2, 0) is 12.0 Å². The molecule has 0 heterocycles. The molecule has 0 atom stereocenters. The first-order chi connectivity index (χ1) is 8.14. The molecule has 17 heavy (non-hydrogen) atoms. The Morgan fingerprint density at radius 2 is 1.65 bits per heavy atom. The summed E-state index contributed by atoms with van der Waals surface area (Å²) in [6.07, 6.45) is 0. The van der Waals surface area contributed by atoms with Crippen LogP contribution < -0.4 is 5.73 Å². The molecule has 0 radical (unpaired) electrons. The van der Waals surface area contributed by atoms with Gasteiger partial charge in [0.2, 0.25) is 0 Å². The van der Waals surface area contributed by atoms with Gasteiger partial charge in [0.15, 0.2) is 0 Å². The molecule has 0 fully saturated rings. The van der Waals surface area contributed by atoms with Gasteiger partial charge in [0.1, 0.15) is 0 Å². The van der Waals surface area contributed by atoms with E-state index in [0.29, 0.717) is 6.54 Å². The van der Waals surface area contributed by atoms with Crippen LogP contribution in [0.2, 0.25) is 0 Å². The van der Waals surface area contributed by atoms with Gasteiger partial charge < -0.3 is 5.73 Å². The fourth-order valence-electron chi connectivity index (χ4n) is 2.88. The van der Waals surface area contributed by atoms with Crippen molar-refractivity contribution in [3.05, 3.63) is 59.2 Å². The van der Waals surface area contributed by atoms with Crippen LogP contribution in [-0.4, -0.2) is 0 Å². The van der Waals surface area contributed by atoms with Gasteiger partial charge in [-0.15, -0.1) is 0 Å². The monoisotopic (exact) mass is 223 g/mol. The molecule has 1 heteroatoms. The molecule has 0 aromatic heterocycles. The summed E-state index contributed by atoms with van der Waals surface area (Å²) >= 11 is 0. The Labute approximate surface area is 102 Å². The van der Waals surface area contributed by atoms with Gasteiger partial charge in [-0.3, -0.25) is 0 Å². The number of nitrogens with two attached hydrogens (primary N) is 1. The number of hydrogen-bond donors (Lipinski definition) is 1. The second kappa shape index (κ2) is 3.44. The van der Waals surface area contributed by atoms with E-state index in [1.54, 1.807) is 0 Å². The SMILES string of the molecule is CC1(C)c2ccccc2-c2ccc(CN)cc21. The van der Waals surface area contributed by atoms with Gasteiger partial charge in [-0.25, -0.2) is 0 Å². The first-order valence-corrected chi connectivity index (χ1v) is 6.08. The summed E-state index contributed by atoms with van der Waals surface area (Å²) in [6, 6.07) is 15.3. The van der Waals surface area contributed by atoms with E-state index in [1.165, 1.54) is 27.8 Å². The van der Waals surface area contributed by atoms with Crippen molar-refractivity contribution in [2.45, 2.75) is 25.8 Å². The highest BCUT2D eigenvalue weighted by atomic mass is 14.5. The van der Waals surface area contributed by atoms with Crippen molar-refractivity contribution in [2.24, 2.45) is 5.73 Å². The van der Waals surface area contributed by atoms with Crippen LogP contribution in [0.25, 0.3) is 11.1 Å². The minimum absolute atomic E-state index is 0.0944. The molecule has 0 aliphatic heterocycles. The van der Waals surface area contributed by atoms with E-state index < -0.39 is 0 Å². The Morgan fingerprint density at radius 1 is 0.941 bits per heavy atom. The second-order valence-corrected chi connectivity index (χ2v) is 5.25. The fourth-order valence-corrected chi connectivity index (χ4v) is 2.88. The minimum Gasteiger partial charge on any atom is -0.326 e. The predicted molar refractivity (Wildman–Crippen MR) is 71.9 cm³/mol. The van der Waals surface area contributed by atoms with Crippen molar-refractivity contribution in [1.82, 2.24) is 0 Å². The number of rotatable bonds is 1. The van der Waals surface area contributed by atoms with E-state index in [0.717, 1.165) is 0 Å². The summed E-state index contributed by atoms with van der Waals surface area (Å²) in [5, 5.41) is 0. The van der Waals surface area contributed by atoms with Crippen LogP contribution in [0.1, 0.15) is 30.5 Å². The third-order valence-corrected chi connectivity index (χ3v) is 3.88. The Kier molecular flexibility index (Phi) is 2.14. The lowest BCUT2D eigenvalue weighted by atomic mass is 9.82. The van der Waals surface area contributed by atoms with Crippen LogP contribution in [0, 0.1) is 0 Å². The average molecular weight is 223 g/mol. The zero-order valence-electron chi connectivity index (χ0n) is 10.3. The van der Waals surface area contributed by atoms with Crippen LogP contribution in [0.4, 0.5) is 0 Å². The van der Waals surface area contributed by atoms with E-state index in [4.69, 9.17) is 5.73 Å². The first kappa shape index (κ1) is 10.5. The molecule has 0 bridgehead atoms. The lowest BCUT2D eigenvalue weighted by Crippen LogP contribution is -2.15. The normalized spacial score (nSPS) is 15.5. The number of hydrogen-bond acceptors (Lipinski definition) is 1. The molecule has 2 aromatic rings. The van der Waals surface area contributed by atoms with E-state index in [-0.39, 0.29) is 5.41 Å². The van der Waals surface area contributed by atoms with Crippen molar-refractivity contribution in [1.29, 1.82) is 0 Å². The summed E-state index contributed by atoms with van der Waals surface area (Å²) < 4.78 is 0. The summed E-state index contributed by atoms with van der Waals surface area (Å²) in [4.78, 5) is 0. The summed E-state index contributed by atoms with van der Waals surface area (Å²) in [5.41, 5.74) is 12.6. The summed E-state index contributed by atoms with van der Waals surface area (Å²) in [6.45, 7) is 5.19. The highest BCUT2D eigenvalue weighted by molar-refractivity contribution is 5.80. The molecule has 2 aromatic carbocycles. The molecule has 1 aliphatic rings. The lowest BCUT2D eigenvalue weighted by molar-refractivity contribution is 0.659. The van der Waals surface area contributed by atoms with Crippen molar-refractivity contribution >= 4 is 0 Å². The zero-order valence-corrected chi connectivity index (χ0v) is 10.3. The molecule has 0 spiro atoms. The predicted octanol–water partition coefficient (Wildman–Crippen LogP) is 3.45. The van der Waals surface area contributed by atoms with Gasteiger partial charge >= 0.3 is 0 Å². The van der Waals surface area contributed by atoms with E-state index in [1.807, 2.05) is 0 Å². The molecule has 1 aliphatic carbocycles. The standard InChI is InChI=1S/C16H17N/c1-16(2)14-6-4-3-5-12(14)13-8-7-11(10-17)9-15(13)16/h3-9H,10,17H2,1-2H3. The van der Waals surface area contributed by atoms with Gasteiger partial charge in [0.05, 0.1) is 0 Å². The number of fused-ring (bicyclic) bond motifs is 3.